The average molecular weight is 413 g/mol. The molecule has 0 spiro atoms. The molecule has 0 atom stereocenters. The number of pyridine rings is 1. The summed E-state index contributed by atoms with van der Waals surface area (Å²) in [6.07, 6.45) is 6.74. The van der Waals surface area contributed by atoms with E-state index in [4.69, 9.17) is 0 Å². The molecule has 4 rings (SSSR count). The monoisotopic (exact) mass is 412 g/mol. The largest absolute Gasteiger partial charge is 0.323 e. The predicted molar refractivity (Wildman–Crippen MR) is 125 cm³/mol. The number of carbonyl (C=O) groups excluding carboxylic acids is 1. The molecular weight excluding hydrogens is 384 g/mol. The minimum atomic E-state index is -0.140. The Morgan fingerprint density at radius 1 is 0.806 bits per heavy atom. The number of piperazine rings is 1. The summed E-state index contributed by atoms with van der Waals surface area (Å²) in [6, 6.07) is 22.5. The van der Waals surface area contributed by atoms with Gasteiger partial charge in [0, 0.05) is 63.4 Å². The fourth-order valence-electron chi connectivity index (χ4n) is 3.73. The molecule has 0 unspecified atom stereocenters. The molecule has 1 fully saturated rings. The molecule has 1 aliphatic rings. The van der Waals surface area contributed by atoms with Gasteiger partial charge in [-0.2, -0.15) is 0 Å². The average Bonchev–Trinajstić information content (AvgIpc) is 2.82. The number of anilines is 1. The van der Waals surface area contributed by atoms with Gasteiger partial charge in [-0.1, -0.05) is 42.5 Å². The van der Waals surface area contributed by atoms with Crippen LogP contribution in [0.4, 0.5) is 5.69 Å². The van der Waals surface area contributed by atoms with E-state index in [9.17, 15) is 4.79 Å². The van der Waals surface area contributed by atoms with E-state index in [1.54, 1.807) is 18.5 Å². The molecule has 0 bridgehead atoms. The number of benzene rings is 2. The maximum absolute atomic E-state index is 12.1. The number of nitrogens with zero attached hydrogens (tertiary/aromatic N) is 3. The highest BCUT2D eigenvalue weighted by Gasteiger charge is 2.17. The summed E-state index contributed by atoms with van der Waals surface area (Å²) in [7, 11) is 0. The molecule has 0 aliphatic carbocycles. The van der Waals surface area contributed by atoms with Crippen molar-refractivity contribution in [3.8, 4) is 0 Å². The molecule has 0 saturated carbocycles. The van der Waals surface area contributed by atoms with Gasteiger partial charge in [-0.25, -0.2) is 0 Å². The van der Waals surface area contributed by atoms with Gasteiger partial charge in [0.05, 0.1) is 0 Å². The van der Waals surface area contributed by atoms with Crippen molar-refractivity contribution >= 4 is 17.7 Å². The first-order valence-electron chi connectivity index (χ1n) is 10.7. The van der Waals surface area contributed by atoms with E-state index in [0.29, 0.717) is 0 Å². The van der Waals surface area contributed by atoms with Crippen molar-refractivity contribution in [2.75, 3.05) is 31.5 Å². The molecule has 5 nitrogen and oxygen atoms in total. The number of aromatic nitrogens is 1. The fraction of sp³-hybridized carbons (Fsp3) is 0.231. The smallest absolute Gasteiger partial charge is 0.248 e. The van der Waals surface area contributed by atoms with E-state index in [2.05, 4.69) is 62.6 Å². The molecule has 0 radical (unpaired) electrons. The Morgan fingerprint density at radius 3 is 2.00 bits per heavy atom. The van der Waals surface area contributed by atoms with Crippen molar-refractivity contribution in [3.63, 3.8) is 0 Å². The summed E-state index contributed by atoms with van der Waals surface area (Å²) in [6.45, 7) is 6.30. The van der Waals surface area contributed by atoms with Crippen LogP contribution in [0.15, 0.2) is 85.2 Å². The standard InChI is InChI=1S/C26H28N4O/c31-26(11-8-22-12-14-27-15-13-22)28-25-9-6-24(7-10-25)21-30-18-16-29(17-19-30)20-23-4-2-1-3-5-23/h1-15H,16-21H2,(H,28,31)/b11-8+. The molecule has 2 aromatic carbocycles. The van der Waals surface area contributed by atoms with Crippen LogP contribution in [-0.2, 0) is 17.9 Å². The van der Waals surface area contributed by atoms with E-state index in [1.807, 2.05) is 24.3 Å². The van der Waals surface area contributed by atoms with Crippen LogP contribution in [0, 0.1) is 0 Å². The number of hydrogen-bond donors (Lipinski definition) is 1. The highest BCUT2D eigenvalue weighted by Crippen LogP contribution is 2.14. The van der Waals surface area contributed by atoms with Crippen LogP contribution in [0.3, 0.4) is 0 Å². The SMILES string of the molecule is O=C(/C=C/c1ccncc1)Nc1ccc(CN2CCN(Cc3ccccc3)CC2)cc1. The minimum absolute atomic E-state index is 0.140. The van der Waals surface area contributed by atoms with Crippen molar-refractivity contribution < 1.29 is 4.79 Å². The number of amides is 1. The van der Waals surface area contributed by atoms with Gasteiger partial charge in [0.1, 0.15) is 0 Å². The lowest BCUT2D eigenvalue weighted by molar-refractivity contribution is -0.111. The molecule has 1 saturated heterocycles. The lowest BCUT2D eigenvalue weighted by Crippen LogP contribution is -2.45. The van der Waals surface area contributed by atoms with Crippen molar-refractivity contribution in [2.24, 2.45) is 0 Å². The molecule has 3 aromatic rings. The Hall–Kier alpha value is -3.28. The topological polar surface area (TPSA) is 48.5 Å². The summed E-state index contributed by atoms with van der Waals surface area (Å²) >= 11 is 0. The van der Waals surface area contributed by atoms with Gasteiger partial charge in [-0.3, -0.25) is 19.6 Å². The number of rotatable bonds is 7. The second kappa shape index (κ2) is 10.7. The van der Waals surface area contributed by atoms with Crippen LogP contribution in [-0.4, -0.2) is 46.9 Å². The Morgan fingerprint density at radius 2 is 1.39 bits per heavy atom. The molecular formula is C26H28N4O. The van der Waals surface area contributed by atoms with Gasteiger partial charge in [-0.15, -0.1) is 0 Å². The van der Waals surface area contributed by atoms with Crippen LogP contribution in [0.25, 0.3) is 6.08 Å². The van der Waals surface area contributed by atoms with E-state index >= 15 is 0 Å². The molecule has 1 aliphatic heterocycles. The van der Waals surface area contributed by atoms with Crippen LogP contribution in [0.5, 0.6) is 0 Å². The van der Waals surface area contributed by atoms with Gasteiger partial charge < -0.3 is 5.32 Å². The zero-order valence-electron chi connectivity index (χ0n) is 17.7. The third-order valence-corrected chi connectivity index (χ3v) is 5.47. The molecule has 5 heteroatoms. The molecule has 31 heavy (non-hydrogen) atoms. The minimum Gasteiger partial charge on any atom is -0.323 e. The van der Waals surface area contributed by atoms with E-state index in [1.165, 1.54) is 17.2 Å². The first-order valence-corrected chi connectivity index (χ1v) is 10.7. The predicted octanol–water partition coefficient (Wildman–Crippen LogP) is 4.05. The third kappa shape index (κ3) is 6.60. The molecule has 158 valence electrons. The lowest BCUT2D eigenvalue weighted by Gasteiger charge is -2.34. The Kier molecular flexibility index (Phi) is 7.21. The zero-order chi connectivity index (χ0) is 21.3. The highest BCUT2D eigenvalue weighted by atomic mass is 16.1. The second-order valence-electron chi connectivity index (χ2n) is 7.84. The quantitative estimate of drug-likeness (QED) is 0.595. The molecule has 2 heterocycles. The number of carbonyl (C=O) groups is 1. The third-order valence-electron chi connectivity index (χ3n) is 5.47. The number of hydrogen-bond acceptors (Lipinski definition) is 4. The first-order chi connectivity index (χ1) is 15.2. The Balaban J connectivity index is 1.22. The Labute approximate surface area is 184 Å². The molecule has 1 N–H and O–H groups in total. The van der Waals surface area contributed by atoms with Crippen molar-refractivity contribution in [1.82, 2.24) is 14.8 Å². The van der Waals surface area contributed by atoms with Crippen LogP contribution >= 0.6 is 0 Å². The van der Waals surface area contributed by atoms with E-state index in [0.717, 1.165) is 50.5 Å². The molecule has 1 aromatic heterocycles. The molecule has 1 amide bonds. The summed E-state index contributed by atoms with van der Waals surface area (Å²) in [5, 5.41) is 2.91. The number of nitrogens with one attached hydrogen (secondary N) is 1. The highest BCUT2D eigenvalue weighted by molar-refractivity contribution is 6.01. The summed E-state index contributed by atoms with van der Waals surface area (Å²) in [4.78, 5) is 21.1. The first kappa shape index (κ1) is 21.0. The summed E-state index contributed by atoms with van der Waals surface area (Å²) in [5.41, 5.74) is 4.40. The maximum Gasteiger partial charge on any atom is 0.248 e. The maximum atomic E-state index is 12.1. The Bertz CT molecular complexity index is 979. The second-order valence-corrected chi connectivity index (χ2v) is 7.84. The van der Waals surface area contributed by atoms with Gasteiger partial charge in [0.15, 0.2) is 0 Å². The van der Waals surface area contributed by atoms with Gasteiger partial charge >= 0.3 is 0 Å². The fourth-order valence-corrected chi connectivity index (χ4v) is 3.73. The summed E-state index contributed by atoms with van der Waals surface area (Å²) < 4.78 is 0. The van der Waals surface area contributed by atoms with Crippen molar-refractivity contribution in [1.29, 1.82) is 0 Å². The zero-order valence-corrected chi connectivity index (χ0v) is 17.7. The summed E-state index contributed by atoms with van der Waals surface area (Å²) in [5.74, 6) is -0.140. The van der Waals surface area contributed by atoms with Crippen LogP contribution in [0.2, 0.25) is 0 Å². The van der Waals surface area contributed by atoms with Gasteiger partial charge in [-0.05, 0) is 47.0 Å². The van der Waals surface area contributed by atoms with Crippen LogP contribution < -0.4 is 5.32 Å². The van der Waals surface area contributed by atoms with Gasteiger partial charge in [0.2, 0.25) is 5.91 Å². The van der Waals surface area contributed by atoms with E-state index < -0.39 is 0 Å². The van der Waals surface area contributed by atoms with E-state index in [-0.39, 0.29) is 5.91 Å². The van der Waals surface area contributed by atoms with Crippen molar-refractivity contribution in [3.05, 3.63) is 102 Å². The lowest BCUT2D eigenvalue weighted by atomic mass is 10.1. The van der Waals surface area contributed by atoms with Gasteiger partial charge in [0.25, 0.3) is 0 Å². The normalized spacial score (nSPS) is 15.2. The van der Waals surface area contributed by atoms with Crippen molar-refractivity contribution in [2.45, 2.75) is 13.1 Å². The van der Waals surface area contributed by atoms with Crippen LogP contribution in [0.1, 0.15) is 16.7 Å².